The predicted octanol–water partition coefficient (Wildman–Crippen LogP) is 1.42. The number of hydrogen-bond donors (Lipinski definition) is 1. The van der Waals surface area contributed by atoms with Crippen molar-refractivity contribution in [2.75, 3.05) is 32.8 Å². The highest BCUT2D eigenvalue weighted by atomic mass is 16.5. The minimum atomic E-state index is -0.206. The molecule has 2 aliphatic rings. The Labute approximate surface area is 154 Å². The molecule has 0 saturated carbocycles. The van der Waals surface area contributed by atoms with Gasteiger partial charge in [-0.1, -0.05) is 25.6 Å². The Morgan fingerprint density at radius 1 is 1.31 bits per heavy atom. The van der Waals surface area contributed by atoms with Gasteiger partial charge < -0.3 is 19.9 Å². The van der Waals surface area contributed by atoms with Crippen LogP contribution < -0.4 is 5.32 Å². The molecule has 140 valence electrons. The van der Waals surface area contributed by atoms with E-state index >= 15 is 0 Å². The Morgan fingerprint density at radius 2 is 2.08 bits per heavy atom. The van der Waals surface area contributed by atoms with E-state index in [0.717, 1.165) is 31.6 Å². The van der Waals surface area contributed by atoms with E-state index in [1.54, 1.807) is 0 Å². The third kappa shape index (κ3) is 4.14. The molecule has 1 N–H and O–H groups in total. The lowest BCUT2D eigenvalue weighted by molar-refractivity contribution is -0.116. The van der Waals surface area contributed by atoms with Gasteiger partial charge in [-0.15, -0.1) is 0 Å². The highest BCUT2D eigenvalue weighted by Crippen LogP contribution is 2.24. The molecular formula is C20H27N3O3. The molecule has 1 aromatic carbocycles. The molecule has 2 atom stereocenters. The van der Waals surface area contributed by atoms with Crippen molar-refractivity contribution in [2.24, 2.45) is 0 Å². The average molecular weight is 357 g/mol. The van der Waals surface area contributed by atoms with E-state index < -0.39 is 0 Å². The zero-order valence-electron chi connectivity index (χ0n) is 15.3. The van der Waals surface area contributed by atoms with Gasteiger partial charge in [-0.3, -0.25) is 9.59 Å². The summed E-state index contributed by atoms with van der Waals surface area (Å²) >= 11 is 0. The molecular weight excluding hydrogens is 330 g/mol. The van der Waals surface area contributed by atoms with Crippen molar-refractivity contribution in [2.45, 2.75) is 32.0 Å². The summed E-state index contributed by atoms with van der Waals surface area (Å²) in [4.78, 5) is 28.6. The van der Waals surface area contributed by atoms with Crippen molar-refractivity contribution in [3.05, 3.63) is 48.0 Å². The summed E-state index contributed by atoms with van der Waals surface area (Å²) in [6.07, 6.45) is 2.37. The van der Waals surface area contributed by atoms with Crippen LogP contribution in [-0.2, 0) is 16.1 Å². The molecule has 0 unspecified atom stereocenters. The van der Waals surface area contributed by atoms with Crippen molar-refractivity contribution in [1.82, 2.24) is 15.1 Å². The van der Waals surface area contributed by atoms with Gasteiger partial charge in [-0.05, 0) is 36.7 Å². The van der Waals surface area contributed by atoms with Crippen LogP contribution in [0.1, 0.15) is 29.3 Å². The first-order valence-electron chi connectivity index (χ1n) is 9.26. The quantitative estimate of drug-likeness (QED) is 0.810. The van der Waals surface area contributed by atoms with Gasteiger partial charge in [-0.25, -0.2) is 0 Å². The van der Waals surface area contributed by atoms with E-state index in [9.17, 15) is 9.59 Å². The maximum atomic E-state index is 13.0. The Balaban J connectivity index is 1.67. The highest BCUT2D eigenvalue weighted by molar-refractivity contribution is 5.94. The summed E-state index contributed by atoms with van der Waals surface area (Å²) in [5, 5.41) is 2.73. The molecule has 0 spiro atoms. The molecule has 0 aromatic heterocycles. The van der Waals surface area contributed by atoms with Gasteiger partial charge in [0.15, 0.2) is 0 Å². The minimum absolute atomic E-state index is 0.0583. The van der Waals surface area contributed by atoms with Gasteiger partial charge in [0.2, 0.25) is 5.91 Å². The lowest BCUT2D eigenvalue weighted by Crippen LogP contribution is -2.61. The van der Waals surface area contributed by atoms with Crippen LogP contribution in [0, 0.1) is 0 Å². The standard InChI is InChI=1S/C20H27N3O3/c1-3-19(24)21-13-15-5-7-16(8-6-15)20(25)23-11-12-26-18-9-10-22(4-2)14-17(18)23/h3,5-8,17-18H,1,4,9-14H2,2H3,(H,21,24)/t17-,18+/m1/s1. The summed E-state index contributed by atoms with van der Waals surface area (Å²) in [5.74, 6) is -0.148. The Kier molecular flexibility index (Phi) is 6.06. The van der Waals surface area contributed by atoms with E-state index in [-0.39, 0.29) is 24.0 Å². The zero-order chi connectivity index (χ0) is 18.5. The first kappa shape index (κ1) is 18.6. The van der Waals surface area contributed by atoms with Gasteiger partial charge in [-0.2, -0.15) is 0 Å². The van der Waals surface area contributed by atoms with Gasteiger partial charge in [0.1, 0.15) is 0 Å². The second kappa shape index (κ2) is 8.47. The van der Waals surface area contributed by atoms with Crippen molar-refractivity contribution < 1.29 is 14.3 Å². The second-order valence-electron chi connectivity index (χ2n) is 6.78. The normalized spacial score (nSPS) is 23.2. The number of ether oxygens (including phenoxy) is 1. The van der Waals surface area contributed by atoms with E-state index in [0.29, 0.717) is 25.3 Å². The third-order valence-electron chi connectivity index (χ3n) is 5.23. The first-order valence-corrected chi connectivity index (χ1v) is 9.26. The van der Waals surface area contributed by atoms with Crippen molar-refractivity contribution in [3.8, 4) is 0 Å². The molecule has 1 aromatic rings. The summed E-state index contributed by atoms with van der Waals surface area (Å²) in [6.45, 7) is 10.1. The van der Waals surface area contributed by atoms with Crippen LogP contribution in [0.3, 0.4) is 0 Å². The molecule has 2 amide bonds. The fourth-order valence-corrected chi connectivity index (χ4v) is 3.67. The number of morpholine rings is 1. The van der Waals surface area contributed by atoms with Gasteiger partial charge in [0.05, 0.1) is 18.8 Å². The number of likely N-dealkylation sites (N-methyl/N-ethyl adjacent to an activating group) is 1. The van der Waals surface area contributed by atoms with Crippen molar-refractivity contribution in [1.29, 1.82) is 0 Å². The van der Waals surface area contributed by atoms with E-state index in [1.165, 1.54) is 6.08 Å². The number of carbonyl (C=O) groups is 2. The number of fused-ring (bicyclic) bond motifs is 1. The molecule has 3 rings (SSSR count). The smallest absolute Gasteiger partial charge is 0.254 e. The van der Waals surface area contributed by atoms with Crippen LogP contribution >= 0.6 is 0 Å². The zero-order valence-corrected chi connectivity index (χ0v) is 15.3. The largest absolute Gasteiger partial charge is 0.374 e. The maximum Gasteiger partial charge on any atom is 0.254 e. The molecule has 2 fully saturated rings. The van der Waals surface area contributed by atoms with Crippen LogP contribution in [0.2, 0.25) is 0 Å². The molecule has 26 heavy (non-hydrogen) atoms. The van der Waals surface area contributed by atoms with Crippen LogP contribution in [-0.4, -0.2) is 66.5 Å². The minimum Gasteiger partial charge on any atom is -0.374 e. The average Bonchev–Trinajstić information content (AvgIpc) is 2.70. The Hall–Kier alpha value is -2.18. The molecule has 2 saturated heterocycles. The van der Waals surface area contributed by atoms with Crippen molar-refractivity contribution >= 4 is 11.8 Å². The number of rotatable bonds is 5. The number of likely N-dealkylation sites (tertiary alicyclic amines) is 1. The number of carbonyl (C=O) groups excluding carboxylic acids is 2. The molecule has 2 aliphatic heterocycles. The summed E-state index contributed by atoms with van der Waals surface area (Å²) in [5.41, 5.74) is 1.63. The lowest BCUT2D eigenvalue weighted by atomic mass is 9.97. The maximum absolute atomic E-state index is 13.0. The number of benzene rings is 1. The van der Waals surface area contributed by atoms with Crippen LogP contribution in [0.5, 0.6) is 0 Å². The first-order chi connectivity index (χ1) is 12.6. The fraction of sp³-hybridized carbons (Fsp3) is 0.500. The number of hydrogen-bond acceptors (Lipinski definition) is 4. The molecule has 0 bridgehead atoms. The molecule has 6 heteroatoms. The Morgan fingerprint density at radius 3 is 2.77 bits per heavy atom. The number of nitrogens with one attached hydrogen (secondary N) is 1. The third-order valence-corrected chi connectivity index (χ3v) is 5.23. The van der Waals surface area contributed by atoms with Gasteiger partial charge in [0, 0.05) is 31.7 Å². The van der Waals surface area contributed by atoms with Crippen LogP contribution in [0.15, 0.2) is 36.9 Å². The van der Waals surface area contributed by atoms with Crippen LogP contribution in [0.25, 0.3) is 0 Å². The predicted molar refractivity (Wildman–Crippen MR) is 99.8 cm³/mol. The van der Waals surface area contributed by atoms with E-state index in [1.807, 2.05) is 29.2 Å². The molecule has 6 nitrogen and oxygen atoms in total. The topological polar surface area (TPSA) is 61.9 Å². The fourth-order valence-electron chi connectivity index (χ4n) is 3.67. The van der Waals surface area contributed by atoms with E-state index in [2.05, 4.69) is 23.7 Å². The van der Waals surface area contributed by atoms with Crippen molar-refractivity contribution in [3.63, 3.8) is 0 Å². The summed E-state index contributed by atoms with van der Waals surface area (Å²) in [7, 11) is 0. The monoisotopic (exact) mass is 357 g/mol. The van der Waals surface area contributed by atoms with E-state index in [4.69, 9.17) is 4.74 Å². The number of amides is 2. The number of piperidine rings is 1. The highest BCUT2D eigenvalue weighted by Gasteiger charge is 2.39. The Bertz CT molecular complexity index is 659. The molecule has 0 radical (unpaired) electrons. The van der Waals surface area contributed by atoms with Crippen LogP contribution in [0.4, 0.5) is 0 Å². The summed E-state index contributed by atoms with van der Waals surface area (Å²) in [6, 6.07) is 7.56. The van der Waals surface area contributed by atoms with Gasteiger partial charge in [0.25, 0.3) is 5.91 Å². The lowest BCUT2D eigenvalue weighted by Gasteiger charge is -2.47. The summed E-state index contributed by atoms with van der Waals surface area (Å²) < 4.78 is 5.91. The SMILES string of the molecule is C=CC(=O)NCc1ccc(C(=O)N2CCO[C@H]3CCN(CC)C[C@H]32)cc1. The number of nitrogens with zero attached hydrogens (tertiary/aromatic N) is 2. The molecule has 2 heterocycles. The molecule has 0 aliphatic carbocycles. The van der Waals surface area contributed by atoms with Gasteiger partial charge >= 0.3 is 0 Å². The second-order valence-corrected chi connectivity index (χ2v) is 6.78.